The van der Waals surface area contributed by atoms with Crippen LogP contribution in [-0.2, 0) is 0 Å². The van der Waals surface area contributed by atoms with Gasteiger partial charge in [-0.1, -0.05) is 49.5 Å². The molecule has 0 heterocycles. The lowest BCUT2D eigenvalue weighted by atomic mass is 10.2. The fourth-order valence-electron chi connectivity index (χ4n) is 1.83. The Morgan fingerprint density at radius 2 is 1.38 bits per heavy atom. The molecular weight excluding hydrogens is 201 g/mol. The summed E-state index contributed by atoms with van der Waals surface area (Å²) < 4.78 is 0. The van der Waals surface area contributed by atoms with E-state index in [-0.39, 0.29) is 7.92 Å². The van der Waals surface area contributed by atoms with Crippen LogP contribution in [0.15, 0.2) is 0 Å². The van der Waals surface area contributed by atoms with Crippen molar-refractivity contribution in [2.24, 2.45) is 0 Å². The predicted octanol–water partition coefficient (Wildman–Crippen LogP) is 3.81. The zero-order chi connectivity index (χ0) is 10.7. The maximum atomic E-state index is 5.51. The van der Waals surface area contributed by atoms with Crippen LogP contribution in [0, 0.1) is 0 Å². The van der Waals surface area contributed by atoms with Crippen molar-refractivity contribution < 1.29 is 0 Å². The van der Waals surface area contributed by atoms with Crippen LogP contribution in [0.3, 0.4) is 0 Å². The van der Waals surface area contributed by atoms with Crippen molar-refractivity contribution in [3.8, 4) is 0 Å². The average molecular weight is 224 g/mol. The van der Waals surface area contributed by atoms with Gasteiger partial charge in [-0.25, -0.2) is 4.84 Å². The van der Waals surface area contributed by atoms with Crippen molar-refractivity contribution in [3.63, 3.8) is 0 Å². The number of halogens is 1. The molecule has 0 saturated heterocycles. The minimum absolute atomic E-state index is 0.00442. The summed E-state index contributed by atoms with van der Waals surface area (Å²) in [6.07, 6.45) is 1.20. The molecule has 80 valence electrons. The summed E-state index contributed by atoms with van der Waals surface area (Å²) in [6, 6.07) is 0. The van der Waals surface area contributed by atoms with E-state index in [1.807, 2.05) is 0 Å². The zero-order valence-electron chi connectivity index (χ0n) is 9.74. The molecule has 0 fully saturated rings. The second-order valence-corrected chi connectivity index (χ2v) is 9.63. The van der Waals surface area contributed by atoms with Crippen molar-refractivity contribution in [1.82, 2.24) is 4.84 Å². The van der Waals surface area contributed by atoms with E-state index < -0.39 is 0 Å². The highest BCUT2D eigenvalue weighted by Crippen LogP contribution is 2.58. The van der Waals surface area contributed by atoms with Crippen LogP contribution in [-0.4, -0.2) is 23.0 Å². The first-order valence-electron chi connectivity index (χ1n) is 4.81. The minimum Gasteiger partial charge on any atom is -0.233 e. The standard InChI is InChI=1S/C10H23ClNP/c1-9(2,3)13(8-7-12-11)10(4,5)6/h12H,7-8H2,1-6H3. The van der Waals surface area contributed by atoms with Crippen molar-refractivity contribution in [3.05, 3.63) is 0 Å². The lowest BCUT2D eigenvalue weighted by Crippen LogP contribution is -2.28. The smallest absolute Gasteiger partial charge is 0.0147 e. The molecule has 1 N–H and O–H groups in total. The van der Waals surface area contributed by atoms with Gasteiger partial charge in [0.15, 0.2) is 0 Å². The van der Waals surface area contributed by atoms with Crippen molar-refractivity contribution >= 4 is 19.7 Å². The average Bonchev–Trinajstić information content (AvgIpc) is 1.81. The molecule has 0 aliphatic carbocycles. The van der Waals surface area contributed by atoms with Gasteiger partial charge in [-0.3, -0.25) is 0 Å². The first kappa shape index (κ1) is 13.7. The second kappa shape index (κ2) is 4.96. The highest BCUT2D eigenvalue weighted by atomic mass is 35.5. The lowest BCUT2D eigenvalue weighted by molar-refractivity contribution is 0.701. The van der Waals surface area contributed by atoms with Gasteiger partial charge >= 0.3 is 0 Å². The van der Waals surface area contributed by atoms with E-state index in [0.717, 1.165) is 6.54 Å². The Morgan fingerprint density at radius 1 is 1.00 bits per heavy atom. The topological polar surface area (TPSA) is 12.0 Å². The van der Waals surface area contributed by atoms with Gasteiger partial charge in [0.05, 0.1) is 0 Å². The summed E-state index contributed by atoms with van der Waals surface area (Å²) in [5.41, 5.74) is 0. The molecule has 0 amide bonds. The third-order valence-electron chi connectivity index (χ3n) is 2.05. The Kier molecular flexibility index (Phi) is 5.22. The number of nitrogens with one attached hydrogen (secondary N) is 1. The molecule has 0 aromatic heterocycles. The Morgan fingerprint density at radius 3 is 1.62 bits per heavy atom. The third kappa shape index (κ3) is 5.20. The monoisotopic (exact) mass is 223 g/mol. The summed E-state index contributed by atoms with van der Waals surface area (Å²) in [5, 5.41) is 0.836. The third-order valence-corrected chi connectivity index (χ3v) is 6.15. The maximum absolute atomic E-state index is 5.51. The molecule has 0 rings (SSSR count). The molecule has 1 nitrogen and oxygen atoms in total. The number of hydrogen-bond acceptors (Lipinski definition) is 1. The molecule has 0 radical (unpaired) electrons. The van der Waals surface area contributed by atoms with Crippen LogP contribution in [0.25, 0.3) is 0 Å². The molecule has 0 spiro atoms. The van der Waals surface area contributed by atoms with Crippen LogP contribution >= 0.6 is 19.7 Å². The summed E-state index contributed by atoms with van der Waals surface area (Å²) in [6.45, 7) is 14.9. The lowest BCUT2D eigenvalue weighted by Gasteiger charge is -2.41. The second-order valence-electron chi connectivity index (χ2n) is 5.38. The number of hydrogen-bond donors (Lipinski definition) is 1. The largest absolute Gasteiger partial charge is 0.233 e. The van der Waals surface area contributed by atoms with Gasteiger partial charge in [0.1, 0.15) is 0 Å². The molecule has 0 bridgehead atoms. The molecule has 0 unspecified atom stereocenters. The quantitative estimate of drug-likeness (QED) is 0.567. The van der Waals surface area contributed by atoms with Crippen LogP contribution in [0.4, 0.5) is 0 Å². The number of rotatable bonds is 3. The highest BCUT2D eigenvalue weighted by Gasteiger charge is 2.33. The minimum atomic E-state index is 0.00442. The molecule has 3 heteroatoms. The molecule has 13 heavy (non-hydrogen) atoms. The summed E-state index contributed by atoms with van der Waals surface area (Å²) >= 11 is 5.51. The zero-order valence-corrected chi connectivity index (χ0v) is 11.4. The van der Waals surface area contributed by atoms with Crippen LogP contribution in [0.5, 0.6) is 0 Å². The van der Waals surface area contributed by atoms with Crippen molar-refractivity contribution in [2.75, 3.05) is 12.7 Å². The van der Waals surface area contributed by atoms with Gasteiger partial charge in [-0.15, -0.1) is 0 Å². The van der Waals surface area contributed by atoms with E-state index in [9.17, 15) is 0 Å². The van der Waals surface area contributed by atoms with Crippen LogP contribution in [0.1, 0.15) is 41.5 Å². The molecule has 0 aliphatic rings. The van der Waals surface area contributed by atoms with E-state index in [0.29, 0.717) is 10.3 Å². The van der Waals surface area contributed by atoms with E-state index in [1.165, 1.54) is 6.16 Å². The normalized spacial score (nSPS) is 13.8. The summed E-state index contributed by atoms with van der Waals surface area (Å²) in [5.74, 6) is 0. The first-order chi connectivity index (χ1) is 5.69. The van der Waals surface area contributed by atoms with Gasteiger partial charge in [0.2, 0.25) is 0 Å². The van der Waals surface area contributed by atoms with E-state index >= 15 is 0 Å². The molecular formula is C10H23ClNP. The SMILES string of the molecule is CC(C)(C)P(CCNCl)C(C)(C)C. The molecule has 0 aromatic carbocycles. The Hall–Kier alpha value is 0.680. The molecule has 0 aromatic rings. The van der Waals surface area contributed by atoms with Gasteiger partial charge in [-0.05, 0) is 28.3 Å². The van der Waals surface area contributed by atoms with Gasteiger partial charge in [0.25, 0.3) is 0 Å². The Bertz CT molecular complexity index is 132. The highest BCUT2D eigenvalue weighted by molar-refractivity contribution is 7.60. The van der Waals surface area contributed by atoms with E-state index in [2.05, 4.69) is 46.4 Å². The first-order valence-corrected chi connectivity index (χ1v) is 6.71. The van der Waals surface area contributed by atoms with Crippen LogP contribution in [0.2, 0.25) is 0 Å². The summed E-state index contributed by atoms with van der Waals surface area (Å²) in [4.78, 5) is 2.73. The molecule has 0 saturated carbocycles. The molecule has 0 aliphatic heterocycles. The fraction of sp³-hybridized carbons (Fsp3) is 1.00. The van der Waals surface area contributed by atoms with Crippen LogP contribution < -0.4 is 4.84 Å². The Labute approximate surface area is 89.5 Å². The summed E-state index contributed by atoms with van der Waals surface area (Å²) in [7, 11) is 0.00442. The van der Waals surface area contributed by atoms with Gasteiger partial charge < -0.3 is 0 Å². The van der Waals surface area contributed by atoms with Gasteiger partial charge in [-0.2, -0.15) is 0 Å². The fourth-order valence-corrected chi connectivity index (χ4v) is 5.75. The van der Waals surface area contributed by atoms with E-state index in [1.54, 1.807) is 0 Å². The maximum Gasteiger partial charge on any atom is 0.0147 e. The van der Waals surface area contributed by atoms with Crippen molar-refractivity contribution in [1.29, 1.82) is 0 Å². The van der Waals surface area contributed by atoms with Gasteiger partial charge in [0, 0.05) is 6.54 Å². The van der Waals surface area contributed by atoms with Crippen molar-refractivity contribution in [2.45, 2.75) is 51.9 Å². The molecule has 0 atom stereocenters. The van der Waals surface area contributed by atoms with E-state index in [4.69, 9.17) is 11.8 Å². The predicted molar refractivity (Wildman–Crippen MR) is 65.1 cm³/mol. The Balaban J connectivity index is 4.39.